The minimum absolute atomic E-state index is 1.24. The molecule has 0 bridgehead atoms. The molecule has 54 heavy (non-hydrogen) atoms. The standard InChI is InChI=1S/C52H30S2/c1-2-10-31(11-3-1)48-39-13-4-6-15-41(39)49(42-16-7-5-14-40(42)48)37-21-20-33-28-34(18-19-35(33)29-37)36-24-27-47-45(30-36)44-26-23-32-22-25-43-38-12-8-9-17-46(38)53-51(43)50(32)52(44)54-47/h1-30H. The molecule has 0 N–H and O–H groups in total. The van der Waals surface area contributed by atoms with Gasteiger partial charge >= 0.3 is 0 Å². The maximum absolute atomic E-state index is 2.41. The molecule has 12 aromatic rings. The molecule has 0 aliphatic rings. The molecule has 12 rings (SSSR count). The van der Waals surface area contributed by atoms with Crippen LogP contribution in [0.15, 0.2) is 182 Å². The van der Waals surface area contributed by atoms with E-state index >= 15 is 0 Å². The Bertz CT molecular complexity index is 3430. The highest BCUT2D eigenvalue weighted by Gasteiger charge is 2.18. The quantitative estimate of drug-likeness (QED) is 0.160. The molecule has 0 aliphatic carbocycles. The fourth-order valence-electron chi connectivity index (χ4n) is 8.93. The molecule has 0 amide bonds. The second-order valence-electron chi connectivity index (χ2n) is 14.4. The lowest BCUT2D eigenvalue weighted by Crippen LogP contribution is -1.90. The van der Waals surface area contributed by atoms with E-state index in [9.17, 15) is 0 Å². The molecule has 250 valence electrons. The average molecular weight is 719 g/mol. The zero-order valence-electron chi connectivity index (χ0n) is 29.1. The van der Waals surface area contributed by atoms with Gasteiger partial charge in [0.15, 0.2) is 0 Å². The molecule has 2 aromatic heterocycles. The zero-order chi connectivity index (χ0) is 35.3. The predicted octanol–water partition coefficient (Wildman–Crippen LogP) is 16.0. The first kappa shape index (κ1) is 30.2. The molecule has 2 heterocycles. The summed E-state index contributed by atoms with van der Waals surface area (Å²) < 4.78 is 5.47. The fraction of sp³-hybridized carbons (Fsp3) is 0. The third kappa shape index (κ3) is 4.42. The molecule has 0 spiro atoms. The van der Waals surface area contributed by atoms with Gasteiger partial charge in [-0.2, -0.15) is 0 Å². The van der Waals surface area contributed by atoms with Crippen LogP contribution in [0, 0.1) is 0 Å². The molecule has 0 saturated heterocycles. The van der Waals surface area contributed by atoms with Crippen molar-refractivity contribution >= 4 is 106 Å². The summed E-state index contributed by atoms with van der Waals surface area (Å²) in [6.45, 7) is 0. The lowest BCUT2D eigenvalue weighted by atomic mass is 9.85. The second-order valence-corrected chi connectivity index (χ2v) is 16.5. The van der Waals surface area contributed by atoms with Crippen LogP contribution >= 0.6 is 22.7 Å². The highest BCUT2D eigenvalue weighted by molar-refractivity contribution is 7.29. The Morgan fingerprint density at radius 2 is 0.722 bits per heavy atom. The minimum atomic E-state index is 1.24. The molecule has 0 aliphatic heterocycles. The maximum Gasteiger partial charge on any atom is 0.0448 e. The van der Waals surface area contributed by atoms with E-state index < -0.39 is 0 Å². The predicted molar refractivity (Wildman–Crippen MR) is 239 cm³/mol. The summed E-state index contributed by atoms with van der Waals surface area (Å²) in [6.07, 6.45) is 0. The van der Waals surface area contributed by atoms with E-state index in [1.165, 1.54) is 117 Å². The normalized spacial score (nSPS) is 12.1. The van der Waals surface area contributed by atoms with Crippen molar-refractivity contribution in [1.82, 2.24) is 0 Å². The van der Waals surface area contributed by atoms with Gasteiger partial charge in [0.2, 0.25) is 0 Å². The van der Waals surface area contributed by atoms with Crippen LogP contribution < -0.4 is 0 Å². The molecular formula is C52H30S2. The van der Waals surface area contributed by atoms with Gasteiger partial charge in [-0.3, -0.25) is 0 Å². The molecular weight excluding hydrogens is 689 g/mol. The Labute approximate surface area is 319 Å². The highest BCUT2D eigenvalue weighted by Crippen LogP contribution is 2.47. The van der Waals surface area contributed by atoms with Crippen LogP contribution in [0.3, 0.4) is 0 Å². The van der Waals surface area contributed by atoms with Gasteiger partial charge in [0.25, 0.3) is 0 Å². The van der Waals surface area contributed by atoms with Crippen LogP contribution in [0.4, 0.5) is 0 Å². The molecule has 0 unspecified atom stereocenters. The van der Waals surface area contributed by atoms with Gasteiger partial charge in [-0.1, -0.05) is 152 Å². The van der Waals surface area contributed by atoms with E-state index in [0.717, 1.165) is 0 Å². The summed E-state index contributed by atoms with van der Waals surface area (Å²) in [5.74, 6) is 0. The first-order chi connectivity index (χ1) is 26.8. The Morgan fingerprint density at radius 3 is 1.39 bits per heavy atom. The molecule has 2 heteroatoms. The number of rotatable bonds is 3. The van der Waals surface area contributed by atoms with Crippen molar-refractivity contribution in [1.29, 1.82) is 0 Å². The fourth-order valence-corrected chi connectivity index (χ4v) is 11.5. The molecule has 0 saturated carbocycles. The van der Waals surface area contributed by atoms with Crippen LogP contribution in [0.1, 0.15) is 0 Å². The minimum Gasteiger partial charge on any atom is -0.134 e. The third-order valence-electron chi connectivity index (χ3n) is 11.4. The lowest BCUT2D eigenvalue weighted by molar-refractivity contribution is 1.66. The average Bonchev–Trinajstić information content (AvgIpc) is 3.81. The monoisotopic (exact) mass is 718 g/mol. The van der Waals surface area contributed by atoms with Crippen molar-refractivity contribution in [2.75, 3.05) is 0 Å². The van der Waals surface area contributed by atoms with Gasteiger partial charge in [-0.05, 0) is 101 Å². The van der Waals surface area contributed by atoms with E-state index in [0.29, 0.717) is 0 Å². The van der Waals surface area contributed by atoms with E-state index in [2.05, 4.69) is 182 Å². The largest absolute Gasteiger partial charge is 0.134 e. The van der Waals surface area contributed by atoms with E-state index in [1.807, 2.05) is 22.7 Å². The molecule has 0 atom stereocenters. The molecule has 0 fully saturated rings. The summed E-state index contributed by atoms with van der Waals surface area (Å²) in [5.41, 5.74) is 7.58. The highest BCUT2D eigenvalue weighted by atomic mass is 32.1. The first-order valence-electron chi connectivity index (χ1n) is 18.5. The Hall–Kier alpha value is -6.32. The number of thiophene rings is 2. The summed E-state index contributed by atoms with van der Waals surface area (Å²) in [7, 11) is 0. The van der Waals surface area contributed by atoms with E-state index in [1.54, 1.807) is 0 Å². The molecule has 10 aromatic carbocycles. The van der Waals surface area contributed by atoms with Crippen molar-refractivity contribution in [3.8, 4) is 33.4 Å². The Morgan fingerprint density at radius 1 is 0.259 bits per heavy atom. The SMILES string of the molecule is c1ccc(-c2c3ccccc3c(-c3ccc4cc(-c5ccc6sc7c(ccc8ccc9c%10ccccc%10sc9c87)c6c5)ccc4c3)c3ccccc23)cc1. The van der Waals surface area contributed by atoms with Gasteiger partial charge < -0.3 is 0 Å². The van der Waals surface area contributed by atoms with Gasteiger partial charge in [-0.25, -0.2) is 0 Å². The topological polar surface area (TPSA) is 0 Å². The summed E-state index contributed by atoms with van der Waals surface area (Å²) in [4.78, 5) is 0. The van der Waals surface area contributed by atoms with Gasteiger partial charge in [0.1, 0.15) is 0 Å². The van der Waals surface area contributed by atoms with Crippen molar-refractivity contribution in [3.05, 3.63) is 182 Å². The number of hydrogen-bond donors (Lipinski definition) is 0. The van der Waals surface area contributed by atoms with Gasteiger partial charge in [-0.15, -0.1) is 22.7 Å². The van der Waals surface area contributed by atoms with Crippen LogP contribution in [-0.2, 0) is 0 Å². The van der Waals surface area contributed by atoms with Crippen molar-refractivity contribution in [2.24, 2.45) is 0 Å². The van der Waals surface area contributed by atoms with Gasteiger partial charge in [0, 0.05) is 45.7 Å². The van der Waals surface area contributed by atoms with E-state index in [-0.39, 0.29) is 0 Å². The number of fused-ring (bicyclic) bond motifs is 12. The zero-order valence-corrected chi connectivity index (χ0v) is 30.8. The number of benzene rings is 10. The van der Waals surface area contributed by atoms with Crippen LogP contribution in [0.2, 0.25) is 0 Å². The summed E-state index contributed by atoms with van der Waals surface area (Å²) >= 11 is 3.85. The second kappa shape index (κ2) is 11.6. The lowest BCUT2D eigenvalue weighted by Gasteiger charge is -2.18. The Kier molecular flexibility index (Phi) is 6.48. The first-order valence-corrected chi connectivity index (χ1v) is 20.1. The Balaban J connectivity index is 0.992. The number of hydrogen-bond acceptors (Lipinski definition) is 2. The van der Waals surface area contributed by atoms with Crippen molar-refractivity contribution in [3.63, 3.8) is 0 Å². The van der Waals surface area contributed by atoms with E-state index in [4.69, 9.17) is 0 Å². The summed E-state index contributed by atoms with van der Waals surface area (Å²) in [6, 6.07) is 67.7. The van der Waals surface area contributed by atoms with Crippen LogP contribution in [-0.4, -0.2) is 0 Å². The molecule has 0 radical (unpaired) electrons. The van der Waals surface area contributed by atoms with Crippen molar-refractivity contribution < 1.29 is 0 Å². The molecule has 0 nitrogen and oxygen atoms in total. The third-order valence-corrected chi connectivity index (χ3v) is 13.8. The van der Waals surface area contributed by atoms with Crippen LogP contribution in [0.5, 0.6) is 0 Å². The van der Waals surface area contributed by atoms with Crippen molar-refractivity contribution in [2.45, 2.75) is 0 Å². The smallest absolute Gasteiger partial charge is 0.0448 e. The van der Waals surface area contributed by atoms with Crippen LogP contribution in [0.25, 0.3) is 117 Å². The maximum atomic E-state index is 2.41. The van der Waals surface area contributed by atoms with Gasteiger partial charge in [0.05, 0.1) is 0 Å². The summed E-state index contributed by atoms with van der Waals surface area (Å²) in [5, 5.41) is 15.7.